The minimum atomic E-state index is -0.513. The second kappa shape index (κ2) is 3.51. The molecule has 1 atom stereocenters. The highest BCUT2D eigenvalue weighted by atomic mass is 19.1. The van der Waals surface area contributed by atoms with Crippen LogP contribution in [-0.4, -0.2) is 5.11 Å². The van der Waals surface area contributed by atoms with Crippen LogP contribution >= 0.6 is 0 Å². The van der Waals surface area contributed by atoms with Crippen LogP contribution in [0.25, 0.3) is 0 Å². The average Bonchev–Trinajstić information content (AvgIpc) is 2.08. The lowest BCUT2D eigenvalue weighted by molar-refractivity contribution is 0.0644. The molecule has 0 radical (unpaired) electrons. The Kier molecular flexibility index (Phi) is 2.62. The fourth-order valence-electron chi connectivity index (χ4n) is 0.924. The van der Waals surface area contributed by atoms with E-state index in [4.69, 9.17) is 5.90 Å². The van der Waals surface area contributed by atoms with Gasteiger partial charge >= 0.3 is 0 Å². The van der Waals surface area contributed by atoms with Crippen molar-refractivity contribution in [1.29, 1.82) is 0 Å². The fourth-order valence-corrected chi connectivity index (χ4v) is 0.924. The van der Waals surface area contributed by atoms with Crippen LogP contribution < -0.4 is 5.90 Å². The van der Waals surface area contributed by atoms with Crippen LogP contribution in [0.3, 0.4) is 0 Å². The van der Waals surface area contributed by atoms with E-state index in [2.05, 4.69) is 4.84 Å². The van der Waals surface area contributed by atoms with E-state index in [0.29, 0.717) is 5.56 Å². The van der Waals surface area contributed by atoms with E-state index >= 15 is 0 Å². The highest BCUT2D eigenvalue weighted by Crippen LogP contribution is 2.25. The maximum Gasteiger partial charge on any atom is 0.123 e. The number of aromatic hydroxyl groups is 1. The molecule has 12 heavy (non-hydrogen) atoms. The number of phenols is 1. The van der Waals surface area contributed by atoms with Crippen LogP contribution in [0, 0.1) is 5.82 Å². The third-order valence-corrected chi connectivity index (χ3v) is 1.63. The Hall–Kier alpha value is -1.13. The first-order valence-electron chi connectivity index (χ1n) is 3.49. The van der Waals surface area contributed by atoms with Gasteiger partial charge in [-0.3, -0.25) is 4.84 Å². The number of phenolic OH excluding ortho intramolecular Hbond substituents is 1. The minimum Gasteiger partial charge on any atom is -0.508 e. The molecule has 1 rings (SSSR count). The molecule has 0 saturated carbocycles. The van der Waals surface area contributed by atoms with Gasteiger partial charge < -0.3 is 5.11 Å². The number of hydrogen-bond acceptors (Lipinski definition) is 3. The Morgan fingerprint density at radius 3 is 2.83 bits per heavy atom. The average molecular weight is 171 g/mol. The van der Waals surface area contributed by atoms with Gasteiger partial charge in [0, 0.05) is 5.56 Å². The number of nitrogens with two attached hydrogens (primary N) is 1. The molecular formula is C8H10FNO2. The van der Waals surface area contributed by atoms with Crippen molar-refractivity contribution in [3.8, 4) is 5.75 Å². The number of benzene rings is 1. The van der Waals surface area contributed by atoms with Gasteiger partial charge in [-0.1, -0.05) is 0 Å². The summed E-state index contributed by atoms with van der Waals surface area (Å²) in [6.07, 6.45) is -0.513. The Bertz CT molecular complexity index is 278. The largest absolute Gasteiger partial charge is 0.508 e. The summed E-state index contributed by atoms with van der Waals surface area (Å²) < 4.78 is 12.6. The van der Waals surface area contributed by atoms with Crippen LogP contribution in [0.2, 0.25) is 0 Å². The van der Waals surface area contributed by atoms with Crippen molar-refractivity contribution in [3.63, 3.8) is 0 Å². The van der Waals surface area contributed by atoms with E-state index in [1.165, 1.54) is 18.2 Å². The van der Waals surface area contributed by atoms with Crippen LogP contribution in [0.15, 0.2) is 18.2 Å². The van der Waals surface area contributed by atoms with Gasteiger partial charge in [-0.05, 0) is 25.1 Å². The predicted molar refractivity (Wildman–Crippen MR) is 41.8 cm³/mol. The Morgan fingerprint density at radius 2 is 2.25 bits per heavy atom. The summed E-state index contributed by atoms with van der Waals surface area (Å²) in [5.41, 5.74) is 0.345. The summed E-state index contributed by atoms with van der Waals surface area (Å²) in [4.78, 5) is 4.45. The van der Waals surface area contributed by atoms with E-state index in [1.807, 2.05) is 0 Å². The maximum atomic E-state index is 12.6. The van der Waals surface area contributed by atoms with E-state index in [9.17, 15) is 9.50 Å². The van der Waals surface area contributed by atoms with Gasteiger partial charge in [0.05, 0.1) is 0 Å². The lowest BCUT2D eigenvalue weighted by Gasteiger charge is -2.10. The molecule has 0 heterocycles. The molecule has 4 heteroatoms. The van der Waals surface area contributed by atoms with Crippen molar-refractivity contribution in [2.24, 2.45) is 5.90 Å². The monoisotopic (exact) mass is 171 g/mol. The van der Waals surface area contributed by atoms with Crippen LogP contribution in [0.4, 0.5) is 4.39 Å². The van der Waals surface area contributed by atoms with Gasteiger partial charge in [-0.15, -0.1) is 0 Å². The SMILES string of the molecule is CC(ON)c1cc(F)ccc1O. The number of hydrogen-bond donors (Lipinski definition) is 2. The van der Waals surface area contributed by atoms with Crippen molar-refractivity contribution < 1.29 is 14.3 Å². The zero-order chi connectivity index (χ0) is 9.14. The quantitative estimate of drug-likeness (QED) is 0.662. The third-order valence-electron chi connectivity index (χ3n) is 1.63. The molecule has 1 unspecified atom stereocenters. The molecule has 3 N–H and O–H groups in total. The van der Waals surface area contributed by atoms with Gasteiger partial charge in [0.1, 0.15) is 17.7 Å². The molecule has 0 fully saturated rings. The molecule has 0 amide bonds. The van der Waals surface area contributed by atoms with E-state index in [0.717, 1.165) is 0 Å². The van der Waals surface area contributed by atoms with Crippen molar-refractivity contribution in [3.05, 3.63) is 29.6 Å². The maximum absolute atomic E-state index is 12.6. The molecule has 0 aliphatic heterocycles. The first-order valence-corrected chi connectivity index (χ1v) is 3.49. The summed E-state index contributed by atoms with van der Waals surface area (Å²) >= 11 is 0. The lowest BCUT2D eigenvalue weighted by Crippen LogP contribution is -2.05. The standard InChI is InChI=1S/C8H10FNO2/c1-5(12-10)7-4-6(9)2-3-8(7)11/h2-5,11H,10H2,1H3. The van der Waals surface area contributed by atoms with Crippen LogP contribution in [-0.2, 0) is 4.84 Å². The molecule has 66 valence electrons. The van der Waals surface area contributed by atoms with E-state index < -0.39 is 11.9 Å². The summed E-state index contributed by atoms with van der Waals surface area (Å²) in [6, 6.07) is 3.62. The molecule has 0 saturated heterocycles. The number of halogens is 1. The van der Waals surface area contributed by atoms with Gasteiger partial charge in [0.25, 0.3) is 0 Å². The van der Waals surface area contributed by atoms with E-state index in [1.54, 1.807) is 6.92 Å². The molecule has 1 aromatic rings. The highest BCUT2D eigenvalue weighted by Gasteiger charge is 2.10. The molecule has 1 aromatic carbocycles. The van der Waals surface area contributed by atoms with Crippen LogP contribution in [0.5, 0.6) is 5.75 Å². The summed E-state index contributed by atoms with van der Waals surface area (Å²) in [6.45, 7) is 1.62. The lowest BCUT2D eigenvalue weighted by atomic mass is 10.1. The zero-order valence-corrected chi connectivity index (χ0v) is 6.62. The second-order valence-corrected chi connectivity index (χ2v) is 2.48. The normalized spacial score (nSPS) is 12.9. The Balaban J connectivity index is 3.04. The topological polar surface area (TPSA) is 55.5 Å². The molecule has 0 aliphatic carbocycles. The summed E-state index contributed by atoms with van der Waals surface area (Å²) in [5.74, 6) is 4.45. The molecular weight excluding hydrogens is 161 g/mol. The molecule has 0 aliphatic rings. The van der Waals surface area contributed by atoms with Crippen LogP contribution in [0.1, 0.15) is 18.6 Å². The Labute approximate surface area is 69.5 Å². The van der Waals surface area contributed by atoms with Gasteiger partial charge in [-0.25, -0.2) is 10.3 Å². The first kappa shape index (κ1) is 8.96. The summed E-state index contributed by atoms with van der Waals surface area (Å²) in [7, 11) is 0. The predicted octanol–water partition coefficient (Wildman–Crippen LogP) is 1.48. The molecule has 0 spiro atoms. The smallest absolute Gasteiger partial charge is 0.123 e. The fraction of sp³-hybridized carbons (Fsp3) is 0.250. The molecule has 0 aromatic heterocycles. The number of rotatable bonds is 2. The second-order valence-electron chi connectivity index (χ2n) is 2.48. The third kappa shape index (κ3) is 1.72. The van der Waals surface area contributed by atoms with Crippen molar-refractivity contribution >= 4 is 0 Å². The zero-order valence-electron chi connectivity index (χ0n) is 6.62. The van der Waals surface area contributed by atoms with Gasteiger partial charge in [0.15, 0.2) is 0 Å². The molecule has 3 nitrogen and oxygen atoms in total. The van der Waals surface area contributed by atoms with E-state index in [-0.39, 0.29) is 5.75 Å². The van der Waals surface area contributed by atoms with Crippen molar-refractivity contribution in [2.75, 3.05) is 0 Å². The van der Waals surface area contributed by atoms with Gasteiger partial charge in [0.2, 0.25) is 0 Å². The van der Waals surface area contributed by atoms with Crippen molar-refractivity contribution in [2.45, 2.75) is 13.0 Å². The Morgan fingerprint density at radius 1 is 1.58 bits per heavy atom. The molecule has 0 bridgehead atoms. The van der Waals surface area contributed by atoms with Crippen molar-refractivity contribution in [1.82, 2.24) is 0 Å². The minimum absolute atomic E-state index is 0.0191. The summed E-state index contributed by atoms with van der Waals surface area (Å²) in [5, 5.41) is 9.23. The first-order chi connectivity index (χ1) is 5.65. The van der Waals surface area contributed by atoms with Gasteiger partial charge in [-0.2, -0.15) is 0 Å². The highest BCUT2D eigenvalue weighted by molar-refractivity contribution is 5.34.